The Hall–Kier alpha value is -1.61. The van der Waals surface area contributed by atoms with Crippen LogP contribution < -0.4 is 0 Å². The van der Waals surface area contributed by atoms with Crippen molar-refractivity contribution < 1.29 is 4.42 Å². The number of para-hydroxylation sites is 1. The van der Waals surface area contributed by atoms with Gasteiger partial charge < -0.3 is 4.42 Å². The monoisotopic (exact) mass is 273 g/mol. The van der Waals surface area contributed by atoms with Gasteiger partial charge in [0.25, 0.3) is 0 Å². The molecule has 3 aromatic rings. The van der Waals surface area contributed by atoms with Crippen molar-refractivity contribution in [1.82, 2.24) is 4.98 Å². The molecule has 2 nitrogen and oxygen atoms in total. The van der Waals surface area contributed by atoms with E-state index in [1.54, 1.807) is 6.20 Å². The van der Waals surface area contributed by atoms with Crippen molar-refractivity contribution in [1.29, 1.82) is 0 Å². The van der Waals surface area contributed by atoms with Crippen molar-refractivity contribution >= 4 is 26.9 Å². The topological polar surface area (TPSA) is 26.0 Å². The van der Waals surface area contributed by atoms with Crippen molar-refractivity contribution in [3.63, 3.8) is 0 Å². The van der Waals surface area contributed by atoms with E-state index in [2.05, 4.69) is 20.9 Å². The average Bonchev–Trinajstić information content (AvgIpc) is 2.73. The molecule has 0 saturated heterocycles. The van der Waals surface area contributed by atoms with Crippen molar-refractivity contribution in [3.8, 4) is 11.5 Å². The lowest BCUT2D eigenvalue weighted by atomic mass is 10.2. The minimum Gasteiger partial charge on any atom is -0.454 e. The highest BCUT2D eigenvalue weighted by atomic mass is 79.9. The summed E-state index contributed by atoms with van der Waals surface area (Å²) in [5, 5.41) is 1.10. The minimum absolute atomic E-state index is 0.800. The molecule has 0 fully saturated rings. The van der Waals surface area contributed by atoms with Crippen LogP contribution in [-0.2, 0) is 0 Å². The molecule has 0 radical (unpaired) electrons. The standard InChI is InChI=1S/C13H8BrNO/c14-10-5-6-11(15-8-10)13-7-9-3-1-2-4-12(9)16-13/h1-8H. The van der Waals surface area contributed by atoms with E-state index in [1.165, 1.54) is 0 Å². The fourth-order valence-corrected chi connectivity index (χ4v) is 1.86. The quantitative estimate of drug-likeness (QED) is 0.662. The SMILES string of the molecule is Brc1ccc(-c2cc3ccccc3o2)nc1. The van der Waals surface area contributed by atoms with Gasteiger partial charge in [0.1, 0.15) is 11.3 Å². The summed E-state index contributed by atoms with van der Waals surface area (Å²) in [6.07, 6.45) is 1.77. The van der Waals surface area contributed by atoms with E-state index in [4.69, 9.17) is 4.42 Å². The minimum atomic E-state index is 0.800. The lowest BCUT2D eigenvalue weighted by Crippen LogP contribution is -1.78. The highest BCUT2D eigenvalue weighted by Gasteiger charge is 2.06. The zero-order valence-electron chi connectivity index (χ0n) is 8.35. The van der Waals surface area contributed by atoms with Gasteiger partial charge in [0.05, 0.1) is 0 Å². The first kappa shape index (κ1) is 9.60. The van der Waals surface area contributed by atoms with Crippen molar-refractivity contribution in [2.75, 3.05) is 0 Å². The molecule has 2 aromatic heterocycles. The second-order valence-electron chi connectivity index (χ2n) is 3.51. The first-order valence-corrected chi connectivity index (χ1v) is 5.73. The number of aromatic nitrogens is 1. The third kappa shape index (κ3) is 1.63. The van der Waals surface area contributed by atoms with Crippen LogP contribution in [0.5, 0.6) is 0 Å². The van der Waals surface area contributed by atoms with Gasteiger partial charge in [-0.15, -0.1) is 0 Å². The fourth-order valence-electron chi connectivity index (χ4n) is 1.63. The molecule has 1 aromatic carbocycles. The lowest BCUT2D eigenvalue weighted by molar-refractivity contribution is 0.628. The summed E-state index contributed by atoms with van der Waals surface area (Å²) in [6, 6.07) is 13.8. The van der Waals surface area contributed by atoms with Crippen molar-refractivity contribution in [2.24, 2.45) is 0 Å². The number of halogens is 1. The molecule has 0 saturated carbocycles. The molecule has 3 heteroatoms. The van der Waals surface area contributed by atoms with Gasteiger partial charge in [0.2, 0.25) is 0 Å². The molecule has 0 aliphatic heterocycles. The highest BCUT2D eigenvalue weighted by Crippen LogP contribution is 2.26. The predicted molar refractivity (Wildman–Crippen MR) is 67.1 cm³/mol. The largest absolute Gasteiger partial charge is 0.454 e. The van der Waals surface area contributed by atoms with E-state index < -0.39 is 0 Å². The Kier molecular flexibility index (Phi) is 2.26. The molecule has 0 bridgehead atoms. The van der Waals surface area contributed by atoms with E-state index in [0.717, 1.165) is 26.9 Å². The van der Waals surface area contributed by atoms with Gasteiger partial charge in [-0.25, -0.2) is 0 Å². The van der Waals surface area contributed by atoms with Crippen LogP contribution >= 0.6 is 15.9 Å². The summed E-state index contributed by atoms with van der Waals surface area (Å²) in [6.45, 7) is 0. The Balaban J connectivity index is 2.15. The summed E-state index contributed by atoms with van der Waals surface area (Å²) in [4.78, 5) is 4.30. The molecule has 78 valence electrons. The Morgan fingerprint density at radius 1 is 1.06 bits per heavy atom. The second-order valence-corrected chi connectivity index (χ2v) is 4.43. The maximum atomic E-state index is 5.72. The molecular formula is C13H8BrNO. The summed E-state index contributed by atoms with van der Waals surface area (Å²) >= 11 is 3.36. The van der Waals surface area contributed by atoms with E-state index >= 15 is 0 Å². The number of nitrogens with zero attached hydrogens (tertiary/aromatic N) is 1. The number of rotatable bonds is 1. The summed E-state index contributed by atoms with van der Waals surface area (Å²) in [5.74, 6) is 0.800. The molecule has 16 heavy (non-hydrogen) atoms. The van der Waals surface area contributed by atoms with Crippen LogP contribution in [-0.4, -0.2) is 4.98 Å². The Morgan fingerprint density at radius 3 is 2.69 bits per heavy atom. The van der Waals surface area contributed by atoms with Gasteiger partial charge in [-0.05, 0) is 40.2 Å². The van der Waals surface area contributed by atoms with E-state index in [1.807, 2.05) is 42.5 Å². The zero-order chi connectivity index (χ0) is 11.0. The van der Waals surface area contributed by atoms with Gasteiger partial charge in [0.15, 0.2) is 5.76 Å². The zero-order valence-corrected chi connectivity index (χ0v) is 9.94. The van der Waals surface area contributed by atoms with Gasteiger partial charge in [-0.3, -0.25) is 4.98 Å². The van der Waals surface area contributed by atoms with Crippen LogP contribution in [0.1, 0.15) is 0 Å². The van der Waals surface area contributed by atoms with E-state index in [0.29, 0.717) is 0 Å². The maximum absolute atomic E-state index is 5.72. The summed E-state index contributed by atoms with van der Waals surface area (Å²) in [5.41, 5.74) is 1.74. The lowest BCUT2D eigenvalue weighted by Gasteiger charge is -1.94. The van der Waals surface area contributed by atoms with Gasteiger partial charge in [0, 0.05) is 16.1 Å². The van der Waals surface area contributed by atoms with Crippen LogP contribution in [0.3, 0.4) is 0 Å². The van der Waals surface area contributed by atoms with Crippen molar-refractivity contribution in [2.45, 2.75) is 0 Å². The number of pyridine rings is 1. The third-order valence-corrected chi connectivity index (χ3v) is 2.87. The molecular weight excluding hydrogens is 266 g/mol. The van der Waals surface area contributed by atoms with Crippen LogP contribution in [0.2, 0.25) is 0 Å². The number of furan rings is 1. The van der Waals surface area contributed by atoms with Crippen LogP contribution in [0.4, 0.5) is 0 Å². The van der Waals surface area contributed by atoms with Gasteiger partial charge in [-0.1, -0.05) is 18.2 Å². The summed E-state index contributed by atoms with van der Waals surface area (Å²) in [7, 11) is 0. The maximum Gasteiger partial charge on any atom is 0.153 e. The molecule has 3 rings (SSSR count). The number of benzene rings is 1. The molecule has 0 unspecified atom stereocenters. The average molecular weight is 274 g/mol. The smallest absolute Gasteiger partial charge is 0.153 e. The molecule has 0 aliphatic carbocycles. The number of hydrogen-bond acceptors (Lipinski definition) is 2. The molecule has 0 atom stereocenters. The normalized spacial score (nSPS) is 10.8. The molecule has 0 spiro atoms. The Morgan fingerprint density at radius 2 is 1.94 bits per heavy atom. The van der Waals surface area contributed by atoms with Crippen LogP contribution in [0.25, 0.3) is 22.4 Å². The highest BCUT2D eigenvalue weighted by molar-refractivity contribution is 9.10. The Bertz CT molecular complexity index is 595. The second kappa shape index (κ2) is 3.76. The number of fused-ring (bicyclic) bond motifs is 1. The molecule has 2 heterocycles. The van der Waals surface area contributed by atoms with E-state index in [9.17, 15) is 0 Å². The van der Waals surface area contributed by atoms with Gasteiger partial charge >= 0.3 is 0 Å². The van der Waals surface area contributed by atoms with Gasteiger partial charge in [-0.2, -0.15) is 0 Å². The molecule has 0 aliphatic rings. The fraction of sp³-hybridized carbons (Fsp3) is 0. The molecule has 0 N–H and O–H groups in total. The van der Waals surface area contributed by atoms with Crippen LogP contribution in [0, 0.1) is 0 Å². The first-order valence-electron chi connectivity index (χ1n) is 4.93. The predicted octanol–water partition coefficient (Wildman–Crippen LogP) is 4.26. The Labute approximate surface area is 101 Å². The third-order valence-electron chi connectivity index (χ3n) is 2.41. The summed E-state index contributed by atoms with van der Waals surface area (Å²) < 4.78 is 6.68. The van der Waals surface area contributed by atoms with Crippen LogP contribution in [0.15, 0.2) is 57.6 Å². The van der Waals surface area contributed by atoms with E-state index in [-0.39, 0.29) is 0 Å². The van der Waals surface area contributed by atoms with Crippen molar-refractivity contribution in [3.05, 3.63) is 53.1 Å². The number of hydrogen-bond donors (Lipinski definition) is 0. The first-order chi connectivity index (χ1) is 7.83. The molecule has 0 amide bonds.